The summed E-state index contributed by atoms with van der Waals surface area (Å²) >= 11 is 5.88. The van der Waals surface area contributed by atoms with E-state index in [1.165, 1.54) is 0 Å². The van der Waals surface area contributed by atoms with Gasteiger partial charge >= 0.3 is 0 Å². The molecule has 0 radical (unpaired) electrons. The van der Waals surface area contributed by atoms with Crippen molar-refractivity contribution >= 4 is 17.4 Å². The molecule has 0 saturated carbocycles. The molecule has 74 valence electrons. The van der Waals surface area contributed by atoms with E-state index in [1.54, 1.807) is 0 Å². The van der Waals surface area contributed by atoms with Crippen molar-refractivity contribution < 1.29 is 4.79 Å². The molecule has 0 unspecified atom stereocenters. The Hall–Kier alpha value is -0.300. The highest BCUT2D eigenvalue weighted by Gasteiger charge is 2.32. The standard InChI is InChI=1S/C11H17ClO/c1-8-4-5-9(6-10(8)13)11(2,3)7-12/h4,9H,5-7H2,1-3H3/t9-/m0/s1. The first-order chi connectivity index (χ1) is 5.97. The largest absolute Gasteiger partial charge is 0.295 e. The van der Waals surface area contributed by atoms with E-state index in [-0.39, 0.29) is 11.2 Å². The Morgan fingerprint density at radius 3 is 2.69 bits per heavy atom. The average molecular weight is 201 g/mol. The normalized spacial score (nSPS) is 24.5. The monoisotopic (exact) mass is 200 g/mol. The Labute approximate surface area is 85.2 Å². The molecule has 1 atom stereocenters. The lowest BCUT2D eigenvalue weighted by Crippen LogP contribution is -2.30. The lowest BCUT2D eigenvalue weighted by molar-refractivity contribution is -0.117. The third-order valence-electron chi connectivity index (χ3n) is 3.03. The van der Waals surface area contributed by atoms with E-state index >= 15 is 0 Å². The fourth-order valence-corrected chi connectivity index (χ4v) is 1.82. The van der Waals surface area contributed by atoms with Gasteiger partial charge in [-0.05, 0) is 30.3 Å². The first kappa shape index (κ1) is 10.8. The maximum Gasteiger partial charge on any atom is 0.158 e. The zero-order valence-electron chi connectivity index (χ0n) is 8.56. The molecule has 0 aromatic heterocycles. The van der Waals surface area contributed by atoms with Crippen molar-refractivity contribution in [1.29, 1.82) is 0 Å². The van der Waals surface area contributed by atoms with Crippen LogP contribution in [-0.4, -0.2) is 11.7 Å². The zero-order chi connectivity index (χ0) is 10.1. The van der Waals surface area contributed by atoms with E-state index in [2.05, 4.69) is 13.8 Å². The molecule has 0 bridgehead atoms. The highest BCUT2D eigenvalue weighted by atomic mass is 35.5. The molecule has 0 spiro atoms. The van der Waals surface area contributed by atoms with Crippen molar-refractivity contribution in [2.24, 2.45) is 11.3 Å². The molecule has 1 nitrogen and oxygen atoms in total. The van der Waals surface area contributed by atoms with Crippen LogP contribution in [0.2, 0.25) is 0 Å². The summed E-state index contributed by atoms with van der Waals surface area (Å²) in [4.78, 5) is 11.5. The topological polar surface area (TPSA) is 17.1 Å². The van der Waals surface area contributed by atoms with Gasteiger partial charge in [0, 0.05) is 12.3 Å². The van der Waals surface area contributed by atoms with E-state index in [0.717, 1.165) is 12.0 Å². The van der Waals surface area contributed by atoms with Gasteiger partial charge in [-0.1, -0.05) is 19.9 Å². The van der Waals surface area contributed by atoms with Gasteiger partial charge in [0.1, 0.15) is 0 Å². The van der Waals surface area contributed by atoms with Crippen LogP contribution >= 0.6 is 11.6 Å². The predicted octanol–water partition coefficient (Wildman–Crippen LogP) is 3.18. The van der Waals surface area contributed by atoms with E-state index in [0.29, 0.717) is 18.2 Å². The predicted molar refractivity (Wildman–Crippen MR) is 56.0 cm³/mol. The molecule has 1 aliphatic rings. The first-order valence-corrected chi connectivity index (χ1v) is 5.27. The van der Waals surface area contributed by atoms with Crippen molar-refractivity contribution in [3.05, 3.63) is 11.6 Å². The summed E-state index contributed by atoms with van der Waals surface area (Å²) in [5.74, 6) is 1.33. The van der Waals surface area contributed by atoms with Crippen molar-refractivity contribution in [1.82, 2.24) is 0 Å². The summed E-state index contributed by atoms with van der Waals surface area (Å²) in [6, 6.07) is 0. The molecular weight excluding hydrogens is 184 g/mol. The number of carbonyl (C=O) groups excluding carboxylic acids is 1. The molecule has 0 amide bonds. The maximum atomic E-state index is 11.5. The molecule has 0 fully saturated rings. The van der Waals surface area contributed by atoms with Gasteiger partial charge in [-0.2, -0.15) is 0 Å². The molecule has 2 heteroatoms. The second kappa shape index (κ2) is 3.83. The number of hydrogen-bond acceptors (Lipinski definition) is 1. The number of carbonyl (C=O) groups is 1. The fourth-order valence-electron chi connectivity index (χ4n) is 1.61. The lowest BCUT2D eigenvalue weighted by Gasteiger charge is -2.33. The zero-order valence-corrected chi connectivity index (χ0v) is 9.32. The molecule has 0 heterocycles. The Balaban J connectivity index is 2.73. The van der Waals surface area contributed by atoms with Crippen molar-refractivity contribution in [3.63, 3.8) is 0 Å². The molecule has 1 rings (SSSR count). The molecule has 0 aromatic carbocycles. The lowest BCUT2D eigenvalue weighted by atomic mass is 9.73. The number of rotatable bonds is 2. The minimum absolute atomic E-state index is 0.0778. The summed E-state index contributed by atoms with van der Waals surface area (Å²) in [5, 5.41) is 0. The number of Topliss-reactive ketones (excluding diaryl/α,β-unsaturated/α-hetero) is 1. The fraction of sp³-hybridized carbons (Fsp3) is 0.727. The van der Waals surface area contributed by atoms with Crippen LogP contribution in [0.15, 0.2) is 11.6 Å². The van der Waals surface area contributed by atoms with Crippen LogP contribution in [0.25, 0.3) is 0 Å². The van der Waals surface area contributed by atoms with E-state index in [9.17, 15) is 4.79 Å². The van der Waals surface area contributed by atoms with Crippen LogP contribution in [0.3, 0.4) is 0 Å². The molecule has 1 aliphatic carbocycles. The minimum Gasteiger partial charge on any atom is -0.295 e. The van der Waals surface area contributed by atoms with Crippen LogP contribution in [0.1, 0.15) is 33.6 Å². The van der Waals surface area contributed by atoms with E-state index < -0.39 is 0 Å². The second-order valence-corrected chi connectivity index (χ2v) is 4.84. The Morgan fingerprint density at radius 1 is 1.62 bits per heavy atom. The Morgan fingerprint density at radius 2 is 2.23 bits per heavy atom. The van der Waals surface area contributed by atoms with Gasteiger partial charge in [0.2, 0.25) is 0 Å². The van der Waals surface area contributed by atoms with Gasteiger partial charge in [0.05, 0.1) is 0 Å². The third-order valence-corrected chi connectivity index (χ3v) is 3.72. The van der Waals surface area contributed by atoms with Gasteiger partial charge in [-0.15, -0.1) is 11.6 Å². The summed E-state index contributed by atoms with van der Waals surface area (Å²) in [6.45, 7) is 6.16. The number of ketones is 1. The van der Waals surface area contributed by atoms with Crippen molar-refractivity contribution in [3.8, 4) is 0 Å². The Kier molecular flexibility index (Phi) is 3.18. The number of halogens is 1. The van der Waals surface area contributed by atoms with Crippen LogP contribution in [-0.2, 0) is 4.79 Å². The summed E-state index contributed by atoms with van der Waals surface area (Å²) in [7, 11) is 0. The summed E-state index contributed by atoms with van der Waals surface area (Å²) in [6.07, 6.45) is 3.71. The van der Waals surface area contributed by atoms with Crippen LogP contribution in [0.5, 0.6) is 0 Å². The second-order valence-electron chi connectivity index (χ2n) is 4.57. The Bertz CT molecular complexity index is 240. The average Bonchev–Trinajstić information content (AvgIpc) is 2.09. The number of alkyl halides is 1. The van der Waals surface area contributed by atoms with Crippen molar-refractivity contribution in [2.75, 3.05) is 5.88 Å². The molecule has 0 saturated heterocycles. The smallest absolute Gasteiger partial charge is 0.158 e. The molecule has 13 heavy (non-hydrogen) atoms. The summed E-state index contributed by atoms with van der Waals surface area (Å²) < 4.78 is 0. The SMILES string of the molecule is CC1=CC[C@H](C(C)(C)CCl)CC1=O. The van der Waals surface area contributed by atoms with Crippen molar-refractivity contribution in [2.45, 2.75) is 33.6 Å². The summed E-state index contributed by atoms with van der Waals surface area (Å²) in [5.41, 5.74) is 0.996. The molecule has 0 N–H and O–H groups in total. The molecule has 0 aromatic rings. The van der Waals surface area contributed by atoms with Gasteiger partial charge in [-0.25, -0.2) is 0 Å². The highest BCUT2D eigenvalue weighted by Crippen LogP contribution is 2.36. The van der Waals surface area contributed by atoms with Gasteiger partial charge < -0.3 is 0 Å². The van der Waals surface area contributed by atoms with Gasteiger partial charge in [0.15, 0.2) is 5.78 Å². The molecule has 0 aliphatic heterocycles. The van der Waals surface area contributed by atoms with Crippen LogP contribution in [0.4, 0.5) is 0 Å². The quantitative estimate of drug-likeness (QED) is 0.626. The van der Waals surface area contributed by atoms with Crippen LogP contribution in [0, 0.1) is 11.3 Å². The maximum absolute atomic E-state index is 11.5. The number of allylic oxidation sites excluding steroid dienone is 2. The van der Waals surface area contributed by atoms with Crippen LogP contribution < -0.4 is 0 Å². The molecular formula is C11H17ClO. The minimum atomic E-state index is 0.0778. The number of hydrogen-bond donors (Lipinski definition) is 0. The van der Waals surface area contributed by atoms with Gasteiger partial charge in [-0.3, -0.25) is 4.79 Å². The van der Waals surface area contributed by atoms with Gasteiger partial charge in [0.25, 0.3) is 0 Å². The highest BCUT2D eigenvalue weighted by molar-refractivity contribution is 6.18. The van der Waals surface area contributed by atoms with E-state index in [1.807, 2.05) is 13.0 Å². The third kappa shape index (κ3) is 2.34. The van der Waals surface area contributed by atoms with E-state index in [4.69, 9.17) is 11.6 Å². The first-order valence-electron chi connectivity index (χ1n) is 4.73.